The normalized spacial score (nSPS) is 14.6. The summed E-state index contributed by atoms with van der Waals surface area (Å²) < 4.78 is 0. The summed E-state index contributed by atoms with van der Waals surface area (Å²) in [5, 5.41) is 3.47. The molecule has 0 unspecified atom stereocenters. The van der Waals surface area contributed by atoms with Crippen molar-refractivity contribution in [1.82, 2.24) is 9.80 Å². The summed E-state index contributed by atoms with van der Waals surface area (Å²) in [5.74, 6) is 0.138. The number of hydrogen-bond acceptors (Lipinski definition) is 3. The van der Waals surface area contributed by atoms with E-state index in [1.807, 2.05) is 41.3 Å². The van der Waals surface area contributed by atoms with Gasteiger partial charge in [0.1, 0.15) is 0 Å². The number of carbonyl (C=O) groups excluding carboxylic acids is 1. The Hall–Kier alpha value is -3.11. The third-order valence-electron chi connectivity index (χ3n) is 5.38. The lowest BCUT2D eigenvalue weighted by Gasteiger charge is -2.34. The SMILES string of the molecule is O=C(c1ccccc1)N1CCN(Cc2ccc(NCc3ccccc3)cc2)CC1. The van der Waals surface area contributed by atoms with E-state index >= 15 is 0 Å². The first-order valence-corrected chi connectivity index (χ1v) is 10.2. The molecule has 0 spiro atoms. The second kappa shape index (κ2) is 9.39. The van der Waals surface area contributed by atoms with E-state index < -0.39 is 0 Å². The number of hydrogen-bond donors (Lipinski definition) is 1. The fourth-order valence-electron chi connectivity index (χ4n) is 3.66. The zero-order chi connectivity index (χ0) is 19.9. The minimum Gasteiger partial charge on any atom is -0.381 e. The molecule has 3 aromatic rings. The molecule has 29 heavy (non-hydrogen) atoms. The van der Waals surface area contributed by atoms with E-state index in [1.54, 1.807) is 0 Å². The molecular formula is C25H27N3O. The van der Waals surface area contributed by atoms with Crippen LogP contribution in [0.15, 0.2) is 84.9 Å². The summed E-state index contributed by atoms with van der Waals surface area (Å²) in [6.45, 7) is 5.14. The molecule has 0 saturated carbocycles. The van der Waals surface area contributed by atoms with Crippen molar-refractivity contribution in [1.29, 1.82) is 0 Å². The number of benzene rings is 3. The van der Waals surface area contributed by atoms with Gasteiger partial charge >= 0.3 is 0 Å². The summed E-state index contributed by atoms with van der Waals surface area (Å²) in [6.07, 6.45) is 0. The van der Waals surface area contributed by atoms with E-state index in [1.165, 1.54) is 11.1 Å². The minimum atomic E-state index is 0.138. The number of piperazine rings is 1. The molecule has 0 aliphatic carbocycles. The molecule has 0 aromatic heterocycles. The average Bonchev–Trinajstić information content (AvgIpc) is 2.80. The highest BCUT2D eigenvalue weighted by molar-refractivity contribution is 5.94. The molecule has 1 aliphatic heterocycles. The van der Waals surface area contributed by atoms with Crippen LogP contribution in [0.2, 0.25) is 0 Å². The van der Waals surface area contributed by atoms with Crippen molar-refractivity contribution in [2.75, 3.05) is 31.5 Å². The Labute approximate surface area is 172 Å². The zero-order valence-electron chi connectivity index (χ0n) is 16.6. The van der Waals surface area contributed by atoms with Crippen molar-refractivity contribution in [2.24, 2.45) is 0 Å². The Morgan fingerprint density at radius 3 is 2.00 bits per heavy atom. The first-order chi connectivity index (χ1) is 14.3. The maximum absolute atomic E-state index is 12.6. The maximum atomic E-state index is 12.6. The topological polar surface area (TPSA) is 35.6 Å². The van der Waals surface area contributed by atoms with E-state index in [2.05, 4.69) is 58.7 Å². The number of amides is 1. The molecule has 3 aromatic carbocycles. The van der Waals surface area contributed by atoms with Gasteiger partial charge in [-0.15, -0.1) is 0 Å². The predicted octanol–water partition coefficient (Wildman–Crippen LogP) is 4.26. The molecule has 1 heterocycles. The first kappa shape index (κ1) is 19.2. The molecule has 1 amide bonds. The Morgan fingerprint density at radius 1 is 0.724 bits per heavy atom. The molecule has 1 N–H and O–H groups in total. The van der Waals surface area contributed by atoms with Gasteiger partial charge in [-0.05, 0) is 35.4 Å². The molecule has 0 radical (unpaired) electrons. The molecule has 4 rings (SSSR count). The lowest BCUT2D eigenvalue weighted by atomic mass is 10.1. The van der Waals surface area contributed by atoms with Crippen molar-refractivity contribution in [3.63, 3.8) is 0 Å². The Morgan fingerprint density at radius 2 is 1.34 bits per heavy atom. The smallest absolute Gasteiger partial charge is 0.253 e. The molecule has 0 bridgehead atoms. The summed E-state index contributed by atoms with van der Waals surface area (Å²) in [4.78, 5) is 16.9. The van der Waals surface area contributed by atoms with Gasteiger partial charge in [0, 0.05) is 50.5 Å². The average molecular weight is 386 g/mol. The third-order valence-corrected chi connectivity index (χ3v) is 5.38. The molecule has 0 atom stereocenters. The molecule has 4 heteroatoms. The molecule has 4 nitrogen and oxygen atoms in total. The second-order valence-corrected chi connectivity index (χ2v) is 7.47. The number of rotatable bonds is 6. The Balaban J connectivity index is 1.24. The van der Waals surface area contributed by atoms with Crippen LogP contribution in [0.1, 0.15) is 21.5 Å². The van der Waals surface area contributed by atoms with Gasteiger partial charge in [0.2, 0.25) is 0 Å². The van der Waals surface area contributed by atoms with Gasteiger partial charge in [-0.3, -0.25) is 9.69 Å². The van der Waals surface area contributed by atoms with Crippen LogP contribution in [0.25, 0.3) is 0 Å². The fourth-order valence-corrected chi connectivity index (χ4v) is 3.66. The highest BCUT2D eigenvalue weighted by atomic mass is 16.2. The van der Waals surface area contributed by atoms with Gasteiger partial charge in [0.15, 0.2) is 0 Å². The van der Waals surface area contributed by atoms with Gasteiger partial charge in [-0.25, -0.2) is 0 Å². The van der Waals surface area contributed by atoms with Gasteiger partial charge in [0.25, 0.3) is 5.91 Å². The summed E-state index contributed by atoms with van der Waals surface area (Å²) in [7, 11) is 0. The summed E-state index contributed by atoms with van der Waals surface area (Å²) in [6, 6.07) is 28.7. The minimum absolute atomic E-state index is 0.138. The third kappa shape index (κ3) is 5.24. The van der Waals surface area contributed by atoms with Crippen LogP contribution in [-0.2, 0) is 13.1 Å². The van der Waals surface area contributed by atoms with E-state index in [0.29, 0.717) is 0 Å². The molecule has 1 saturated heterocycles. The van der Waals surface area contributed by atoms with Crippen LogP contribution in [0.3, 0.4) is 0 Å². The number of nitrogens with one attached hydrogen (secondary N) is 1. The quantitative estimate of drug-likeness (QED) is 0.689. The van der Waals surface area contributed by atoms with Crippen LogP contribution in [0.5, 0.6) is 0 Å². The van der Waals surface area contributed by atoms with Crippen LogP contribution in [0.4, 0.5) is 5.69 Å². The van der Waals surface area contributed by atoms with Crippen molar-refractivity contribution in [3.05, 3.63) is 102 Å². The van der Waals surface area contributed by atoms with Crippen LogP contribution in [-0.4, -0.2) is 41.9 Å². The Bertz CT molecular complexity index is 902. The molecular weight excluding hydrogens is 358 g/mol. The van der Waals surface area contributed by atoms with Crippen LogP contribution >= 0.6 is 0 Å². The molecule has 1 fully saturated rings. The standard InChI is InChI=1S/C25H27N3O/c29-25(23-9-5-2-6-10-23)28-17-15-27(16-18-28)20-22-11-13-24(14-12-22)26-19-21-7-3-1-4-8-21/h1-14,26H,15-20H2. The van der Waals surface area contributed by atoms with Crippen LogP contribution in [0, 0.1) is 0 Å². The van der Waals surface area contributed by atoms with E-state index in [4.69, 9.17) is 0 Å². The highest BCUT2D eigenvalue weighted by Crippen LogP contribution is 2.15. The summed E-state index contributed by atoms with van der Waals surface area (Å²) in [5.41, 5.74) is 4.49. The van der Waals surface area contributed by atoms with Gasteiger partial charge < -0.3 is 10.2 Å². The van der Waals surface area contributed by atoms with E-state index in [0.717, 1.165) is 50.5 Å². The first-order valence-electron chi connectivity index (χ1n) is 10.2. The fraction of sp³-hybridized carbons (Fsp3) is 0.240. The zero-order valence-corrected chi connectivity index (χ0v) is 16.6. The Kier molecular flexibility index (Phi) is 6.22. The van der Waals surface area contributed by atoms with Crippen molar-refractivity contribution in [3.8, 4) is 0 Å². The van der Waals surface area contributed by atoms with Gasteiger partial charge in [0.05, 0.1) is 0 Å². The number of nitrogens with zero attached hydrogens (tertiary/aromatic N) is 2. The lowest BCUT2D eigenvalue weighted by Crippen LogP contribution is -2.48. The number of anilines is 1. The molecule has 148 valence electrons. The summed E-state index contributed by atoms with van der Waals surface area (Å²) >= 11 is 0. The van der Waals surface area contributed by atoms with Gasteiger partial charge in [-0.1, -0.05) is 60.7 Å². The largest absolute Gasteiger partial charge is 0.381 e. The van der Waals surface area contributed by atoms with Gasteiger partial charge in [-0.2, -0.15) is 0 Å². The van der Waals surface area contributed by atoms with Crippen molar-refractivity contribution in [2.45, 2.75) is 13.1 Å². The monoisotopic (exact) mass is 385 g/mol. The van der Waals surface area contributed by atoms with E-state index in [-0.39, 0.29) is 5.91 Å². The highest BCUT2D eigenvalue weighted by Gasteiger charge is 2.21. The van der Waals surface area contributed by atoms with E-state index in [9.17, 15) is 4.79 Å². The van der Waals surface area contributed by atoms with Crippen LogP contribution < -0.4 is 5.32 Å². The maximum Gasteiger partial charge on any atom is 0.253 e. The predicted molar refractivity (Wildman–Crippen MR) is 118 cm³/mol. The van der Waals surface area contributed by atoms with Crippen molar-refractivity contribution < 1.29 is 4.79 Å². The number of carbonyl (C=O) groups is 1. The lowest BCUT2D eigenvalue weighted by molar-refractivity contribution is 0.0628. The second-order valence-electron chi connectivity index (χ2n) is 7.47. The molecule has 1 aliphatic rings. The van der Waals surface area contributed by atoms with Crippen molar-refractivity contribution >= 4 is 11.6 Å².